The fraction of sp³-hybridized carbons (Fsp3) is 0. The summed E-state index contributed by atoms with van der Waals surface area (Å²) in [5.74, 6) is 0. The first-order chi connectivity index (χ1) is 12.7. The van der Waals surface area contributed by atoms with Crippen molar-refractivity contribution in [1.29, 1.82) is 0 Å². The van der Waals surface area contributed by atoms with E-state index in [0.717, 1.165) is 22.0 Å². The number of benzene rings is 3. The van der Waals surface area contributed by atoms with Crippen molar-refractivity contribution < 1.29 is 0 Å². The van der Waals surface area contributed by atoms with E-state index in [1.807, 2.05) is 72.8 Å². The van der Waals surface area contributed by atoms with Crippen molar-refractivity contribution in [1.82, 2.24) is 4.98 Å². The number of hydrogen-bond acceptors (Lipinski definition) is 4. The topological polar surface area (TPSA) is 63.6 Å². The minimum atomic E-state index is 0.618. The molecule has 3 aromatic carbocycles. The Labute approximate surface area is 156 Å². The van der Waals surface area contributed by atoms with Crippen LogP contribution in [-0.2, 0) is 0 Å². The lowest BCUT2D eigenvalue weighted by molar-refractivity contribution is 1.20. The first kappa shape index (κ1) is 16.2. The normalized spacial score (nSPS) is 11.3. The number of rotatable bonds is 3. The lowest BCUT2D eigenvalue weighted by Gasteiger charge is -2.05. The summed E-state index contributed by atoms with van der Waals surface area (Å²) in [6.45, 7) is 0. The minimum absolute atomic E-state index is 0.618. The smallest absolute Gasteiger partial charge is 0.109 e. The number of aromatic nitrogens is 1. The first-order valence-corrected chi connectivity index (χ1v) is 8.50. The Balaban J connectivity index is 1.62. The lowest BCUT2D eigenvalue weighted by atomic mass is 10.1. The van der Waals surface area contributed by atoms with Gasteiger partial charge in [-0.15, -0.1) is 10.2 Å². The van der Waals surface area contributed by atoms with Gasteiger partial charge in [-0.25, -0.2) is 0 Å². The molecule has 26 heavy (non-hydrogen) atoms. The largest absolute Gasteiger partial charge is 0.396 e. The van der Waals surface area contributed by atoms with Crippen LogP contribution in [-0.4, -0.2) is 4.98 Å². The molecule has 0 fully saturated rings. The number of fused-ring (bicyclic) bond motifs is 1. The van der Waals surface area contributed by atoms with Crippen molar-refractivity contribution in [2.75, 3.05) is 5.73 Å². The molecule has 0 saturated heterocycles. The first-order valence-electron chi connectivity index (χ1n) is 8.12. The summed E-state index contributed by atoms with van der Waals surface area (Å²) in [6, 6.07) is 23.1. The Hall–Kier alpha value is -3.24. The molecule has 2 N–H and O–H groups in total. The van der Waals surface area contributed by atoms with E-state index in [9.17, 15) is 0 Å². The van der Waals surface area contributed by atoms with Crippen LogP contribution < -0.4 is 5.73 Å². The van der Waals surface area contributed by atoms with E-state index in [-0.39, 0.29) is 0 Å². The van der Waals surface area contributed by atoms with Gasteiger partial charge in [-0.05, 0) is 29.7 Å². The van der Waals surface area contributed by atoms with Crippen LogP contribution >= 0.6 is 11.6 Å². The summed E-state index contributed by atoms with van der Waals surface area (Å²) >= 11 is 6.21. The maximum Gasteiger partial charge on any atom is 0.109 e. The van der Waals surface area contributed by atoms with E-state index in [2.05, 4.69) is 15.2 Å². The van der Waals surface area contributed by atoms with E-state index in [4.69, 9.17) is 17.3 Å². The van der Waals surface area contributed by atoms with Crippen LogP contribution in [0.3, 0.4) is 0 Å². The molecule has 0 saturated carbocycles. The zero-order valence-electron chi connectivity index (χ0n) is 13.8. The zero-order valence-corrected chi connectivity index (χ0v) is 14.6. The fourth-order valence-electron chi connectivity index (χ4n) is 2.76. The number of hydrogen-bond donors (Lipinski definition) is 1. The third-order valence-corrected chi connectivity index (χ3v) is 4.45. The van der Waals surface area contributed by atoms with Gasteiger partial charge in [0.25, 0.3) is 0 Å². The van der Waals surface area contributed by atoms with Crippen molar-refractivity contribution in [3.8, 4) is 11.3 Å². The zero-order chi connectivity index (χ0) is 17.9. The van der Waals surface area contributed by atoms with Crippen molar-refractivity contribution in [3.63, 3.8) is 0 Å². The second-order valence-corrected chi connectivity index (χ2v) is 6.21. The number of nitrogens with zero attached hydrogens (tertiary/aromatic N) is 3. The molecule has 1 heterocycles. The van der Waals surface area contributed by atoms with Gasteiger partial charge in [0.2, 0.25) is 0 Å². The molecule has 0 spiro atoms. The van der Waals surface area contributed by atoms with Gasteiger partial charge in [0.05, 0.1) is 17.6 Å². The monoisotopic (exact) mass is 358 g/mol. The van der Waals surface area contributed by atoms with Gasteiger partial charge in [0.15, 0.2) is 0 Å². The summed E-state index contributed by atoms with van der Waals surface area (Å²) in [4.78, 5) is 4.42. The molecule has 4 rings (SSSR count). The molecule has 0 bridgehead atoms. The van der Waals surface area contributed by atoms with Crippen LogP contribution in [0.2, 0.25) is 5.02 Å². The molecule has 4 nitrogen and oxygen atoms in total. The number of nitrogen functional groups attached to an aromatic ring is 1. The van der Waals surface area contributed by atoms with Crippen LogP contribution in [0.4, 0.5) is 17.1 Å². The Bertz CT molecular complexity index is 1100. The third kappa shape index (κ3) is 3.15. The highest BCUT2D eigenvalue weighted by Crippen LogP contribution is 2.32. The lowest BCUT2D eigenvalue weighted by Crippen LogP contribution is -1.87. The third-order valence-electron chi connectivity index (χ3n) is 4.12. The van der Waals surface area contributed by atoms with Gasteiger partial charge >= 0.3 is 0 Å². The molecule has 0 aliphatic heterocycles. The highest BCUT2D eigenvalue weighted by molar-refractivity contribution is 6.33. The van der Waals surface area contributed by atoms with Crippen molar-refractivity contribution >= 4 is 39.4 Å². The SMILES string of the molecule is Nc1c(N=Nc2ccc(-c3ccccc3Cl)nc2)ccc2ccccc12. The van der Waals surface area contributed by atoms with E-state index in [1.165, 1.54) is 0 Å². The maximum atomic E-state index is 6.22. The summed E-state index contributed by atoms with van der Waals surface area (Å²) in [5, 5.41) is 11.2. The highest BCUT2D eigenvalue weighted by Gasteiger charge is 2.05. The molecule has 0 aliphatic carbocycles. The Morgan fingerprint density at radius 1 is 0.808 bits per heavy atom. The molecular weight excluding hydrogens is 344 g/mol. The molecule has 5 heteroatoms. The van der Waals surface area contributed by atoms with E-state index >= 15 is 0 Å². The predicted molar refractivity (Wildman–Crippen MR) is 107 cm³/mol. The van der Waals surface area contributed by atoms with Crippen LogP contribution in [0, 0.1) is 0 Å². The van der Waals surface area contributed by atoms with Crippen LogP contribution in [0.15, 0.2) is 89.2 Å². The molecule has 4 aromatic rings. The second kappa shape index (κ2) is 6.94. The standard InChI is InChI=1S/C21H15ClN4/c22-18-8-4-3-7-17(18)19-12-10-15(13-24-19)25-26-20-11-9-14-5-1-2-6-16(14)21(20)23/h1-13H,23H2. The number of nitrogens with two attached hydrogens (primary N) is 1. The van der Waals surface area contributed by atoms with Crippen molar-refractivity contribution in [2.24, 2.45) is 10.2 Å². The van der Waals surface area contributed by atoms with Gasteiger partial charge in [-0.1, -0.05) is 60.1 Å². The summed E-state index contributed by atoms with van der Waals surface area (Å²) < 4.78 is 0. The van der Waals surface area contributed by atoms with Gasteiger partial charge < -0.3 is 5.73 Å². The Kier molecular flexibility index (Phi) is 4.33. The molecule has 0 atom stereocenters. The Morgan fingerprint density at radius 3 is 2.42 bits per heavy atom. The second-order valence-electron chi connectivity index (χ2n) is 5.80. The highest BCUT2D eigenvalue weighted by atomic mass is 35.5. The predicted octanol–water partition coefficient (Wildman–Crippen LogP) is 6.55. The molecule has 0 amide bonds. The summed E-state index contributed by atoms with van der Waals surface area (Å²) in [6.07, 6.45) is 1.67. The average Bonchev–Trinajstić information content (AvgIpc) is 2.69. The fourth-order valence-corrected chi connectivity index (χ4v) is 2.99. The maximum absolute atomic E-state index is 6.22. The van der Waals surface area contributed by atoms with E-state index in [1.54, 1.807) is 6.20 Å². The molecule has 0 aliphatic rings. The quantitative estimate of drug-likeness (QED) is 0.333. The molecule has 0 radical (unpaired) electrons. The van der Waals surface area contributed by atoms with Crippen LogP contribution in [0.5, 0.6) is 0 Å². The van der Waals surface area contributed by atoms with Gasteiger partial charge in [0, 0.05) is 16.0 Å². The molecule has 1 aromatic heterocycles. The summed E-state index contributed by atoms with van der Waals surface area (Å²) in [5.41, 5.74) is 9.80. The van der Waals surface area contributed by atoms with Gasteiger partial charge in [-0.3, -0.25) is 4.98 Å². The molecule has 126 valence electrons. The average molecular weight is 359 g/mol. The van der Waals surface area contributed by atoms with Crippen LogP contribution in [0.1, 0.15) is 0 Å². The van der Waals surface area contributed by atoms with Crippen molar-refractivity contribution in [2.45, 2.75) is 0 Å². The van der Waals surface area contributed by atoms with Crippen molar-refractivity contribution in [3.05, 3.63) is 84.0 Å². The number of pyridine rings is 1. The number of anilines is 1. The Morgan fingerprint density at radius 2 is 1.62 bits per heavy atom. The van der Waals surface area contributed by atoms with E-state index in [0.29, 0.717) is 22.1 Å². The van der Waals surface area contributed by atoms with E-state index < -0.39 is 0 Å². The van der Waals surface area contributed by atoms with Gasteiger partial charge in [-0.2, -0.15) is 0 Å². The minimum Gasteiger partial charge on any atom is -0.396 e. The van der Waals surface area contributed by atoms with Gasteiger partial charge in [0.1, 0.15) is 11.4 Å². The molecule has 0 unspecified atom stereocenters. The number of azo groups is 1. The molecular formula is C21H15ClN4. The summed E-state index contributed by atoms with van der Waals surface area (Å²) in [7, 11) is 0. The van der Waals surface area contributed by atoms with Crippen LogP contribution in [0.25, 0.3) is 22.0 Å². The number of halogens is 1.